The molecule has 3 amide bonds. The lowest BCUT2D eigenvalue weighted by Crippen LogP contribution is -3.12. The number of fused-ring (bicyclic) bond motifs is 1. The molecular formula is C19H26N3O3+. The monoisotopic (exact) mass is 344 g/mol. The molecule has 1 aromatic rings. The Labute approximate surface area is 148 Å². The smallest absolute Gasteiger partial charge is 0.262 e. The summed E-state index contributed by atoms with van der Waals surface area (Å²) in [6, 6.07) is 6.09. The number of likely N-dealkylation sites (N-methyl/N-ethyl adjacent to an activating group) is 1. The average molecular weight is 344 g/mol. The van der Waals surface area contributed by atoms with Gasteiger partial charge >= 0.3 is 0 Å². The van der Waals surface area contributed by atoms with E-state index >= 15 is 0 Å². The van der Waals surface area contributed by atoms with Crippen molar-refractivity contribution in [3.63, 3.8) is 0 Å². The Morgan fingerprint density at radius 3 is 2.08 bits per heavy atom. The second-order valence-corrected chi connectivity index (χ2v) is 7.45. The van der Waals surface area contributed by atoms with Crippen molar-refractivity contribution in [3.05, 3.63) is 35.4 Å². The van der Waals surface area contributed by atoms with Crippen molar-refractivity contribution in [2.24, 2.45) is 5.92 Å². The molecule has 0 spiro atoms. The van der Waals surface area contributed by atoms with Crippen LogP contribution in [0.25, 0.3) is 0 Å². The molecule has 2 heterocycles. The van der Waals surface area contributed by atoms with Gasteiger partial charge in [0, 0.05) is 0 Å². The fourth-order valence-electron chi connectivity index (χ4n) is 3.57. The number of amides is 3. The van der Waals surface area contributed by atoms with Gasteiger partial charge in [0.2, 0.25) is 5.91 Å². The van der Waals surface area contributed by atoms with Crippen LogP contribution < -0.4 is 4.90 Å². The number of hydrogen-bond donors (Lipinski definition) is 1. The highest BCUT2D eigenvalue weighted by Crippen LogP contribution is 2.27. The van der Waals surface area contributed by atoms with Crippen LogP contribution in [0.4, 0.5) is 0 Å². The van der Waals surface area contributed by atoms with Crippen LogP contribution in [0, 0.1) is 5.92 Å². The first-order valence-corrected chi connectivity index (χ1v) is 8.97. The van der Waals surface area contributed by atoms with Crippen LogP contribution >= 0.6 is 0 Å². The molecule has 3 rings (SSSR count). The number of benzene rings is 1. The van der Waals surface area contributed by atoms with E-state index in [1.54, 1.807) is 24.3 Å². The normalized spacial score (nSPS) is 19.5. The van der Waals surface area contributed by atoms with E-state index in [-0.39, 0.29) is 23.6 Å². The maximum absolute atomic E-state index is 13.1. The Morgan fingerprint density at radius 2 is 1.60 bits per heavy atom. The van der Waals surface area contributed by atoms with Gasteiger partial charge in [0.05, 0.1) is 44.4 Å². The predicted molar refractivity (Wildman–Crippen MR) is 93.4 cm³/mol. The SMILES string of the molecule is CC(C)C[C@H](C(=O)N1CC[NH+](C)CC1)N1C(=O)c2ccccc2C1=O. The molecule has 0 bridgehead atoms. The van der Waals surface area contributed by atoms with Crippen LogP contribution in [0.15, 0.2) is 24.3 Å². The van der Waals surface area contributed by atoms with Gasteiger partial charge < -0.3 is 9.80 Å². The summed E-state index contributed by atoms with van der Waals surface area (Å²) in [7, 11) is 2.11. The van der Waals surface area contributed by atoms with Gasteiger partial charge in [0.15, 0.2) is 0 Å². The summed E-state index contributed by atoms with van der Waals surface area (Å²) in [5, 5.41) is 0. The maximum Gasteiger partial charge on any atom is 0.262 e. The zero-order chi connectivity index (χ0) is 18.1. The van der Waals surface area contributed by atoms with Crippen molar-refractivity contribution < 1.29 is 19.3 Å². The summed E-state index contributed by atoms with van der Waals surface area (Å²) in [6.45, 7) is 7.13. The number of hydrogen-bond acceptors (Lipinski definition) is 3. The quantitative estimate of drug-likeness (QED) is 0.786. The zero-order valence-electron chi connectivity index (χ0n) is 15.1. The van der Waals surface area contributed by atoms with E-state index < -0.39 is 6.04 Å². The van der Waals surface area contributed by atoms with Crippen LogP contribution in [0.2, 0.25) is 0 Å². The van der Waals surface area contributed by atoms with Gasteiger partial charge in [-0.3, -0.25) is 19.3 Å². The Balaban J connectivity index is 1.88. The molecule has 25 heavy (non-hydrogen) atoms. The standard InChI is InChI=1S/C19H25N3O3/c1-13(2)12-16(19(25)21-10-8-20(3)9-11-21)22-17(23)14-6-4-5-7-15(14)18(22)24/h4-7,13,16H,8-12H2,1-3H3/p+1/t16-/m1/s1. The number of piperazine rings is 1. The molecule has 2 aliphatic heterocycles. The molecule has 0 unspecified atom stereocenters. The van der Waals surface area contributed by atoms with E-state index in [0.717, 1.165) is 13.1 Å². The Hall–Kier alpha value is -2.21. The van der Waals surface area contributed by atoms with Crippen LogP contribution in [-0.4, -0.2) is 66.8 Å². The summed E-state index contributed by atoms with van der Waals surface area (Å²) in [5.74, 6) is -0.592. The number of nitrogens with one attached hydrogen (secondary N) is 1. The third-order valence-electron chi connectivity index (χ3n) is 5.05. The van der Waals surface area contributed by atoms with E-state index in [0.29, 0.717) is 30.6 Å². The molecule has 1 atom stereocenters. The van der Waals surface area contributed by atoms with Gasteiger partial charge in [-0.15, -0.1) is 0 Å². The zero-order valence-corrected chi connectivity index (χ0v) is 15.1. The van der Waals surface area contributed by atoms with Crippen LogP contribution in [-0.2, 0) is 4.79 Å². The first-order valence-electron chi connectivity index (χ1n) is 8.97. The highest BCUT2D eigenvalue weighted by Gasteiger charge is 2.44. The summed E-state index contributed by atoms with van der Waals surface area (Å²) in [5.41, 5.74) is 0.800. The van der Waals surface area contributed by atoms with Gasteiger partial charge in [0.25, 0.3) is 11.8 Å². The van der Waals surface area contributed by atoms with E-state index in [9.17, 15) is 14.4 Å². The number of imide groups is 1. The van der Waals surface area contributed by atoms with Crippen molar-refractivity contribution >= 4 is 17.7 Å². The first kappa shape index (κ1) is 17.6. The second-order valence-electron chi connectivity index (χ2n) is 7.45. The fourth-order valence-corrected chi connectivity index (χ4v) is 3.57. The molecule has 0 radical (unpaired) electrons. The van der Waals surface area contributed by atoms with Gasteiger partial charge in [-0.05, 0) is 24.5 Å². The first-order chi connectivity index (χ1) is 11.9. The van der Waals surface area contributed by atoms with Crippen molar-refractivity contribution in [3.8, 4) is 0 Å². The molecule has 0 saturated carbocycles. The lowest BCUT2D eigenvalue weighted by molar-refractivity contribution is -0.883. The molecule has 0 aliphatic carbocycles. The van der Waals surface area contributed by atoms with Crippen LogP contribution in [0.3, 0.4) is 0 Å². The topological polar surface area (TPSA) is 62.1 Å². The third kappa shape index (κ3) is 3.31. The Bertz CT molecular complexity index is 658. The van der Waals surface area contributed by atoms with Crippen LogP contribution in [0.1, 0.15) is 41.0 Å². The lowest BCUT2D eigenvalue weighted by Gasteiger charge is -2.35. The number of nitrogens with zero attached hydrogens (tertiary/aromatic N) is 2. The van der Waals surface area contributed by atoms with E-state index in [1.165, 1.54) is 9.80 Å². The minimum absolute atomic E-state index is 0.101. The van der Waals surface area contributed by atoms with Gasteiger partial charge in [-0.1, -0.05) is 26.0 Å². The summed E-state index contributed by atoms with van der Waals surface area (Å²) in [4.78, 5) is 43.1. The molecule has 1 fully saturated rings. The van der Waals surface area contributed by atoms with Gasteiger partial charge in [0.1, 0.15) is 6.04 Å². The summed E-state index contributed by atoms with van der Waals surface area (Å²) < 4.78 is 0. The second kappa shape index (κ2) is 6.96. The largest absolute Gasteiger partial charge is 0.334 e. The maximum atomic E-state index is 13.1. The molecular weight excluding hydrogens is 318 g/mol. The molecule has 1 aromatic carbocycles. The molecule has 1 N–H and O–H groups in total. The number of carbonyl (C=O) groups excluding carboxylic acids is 3. The number of rotatable bonds is 4. The molecule has 2 aliphatic rings. The van der Waals surface area contributed by atoms with Crippen molar-refractivity contribution in [1.29, 1.82) is 0 Å². The van der Waals surface area contributed by atoms with Crippen molar-refractivity contribution in [1.82, 2.24) is 9.80 Å². The van der Waals surface area contributed by atoms with E-state index in [4.69, 9.17) is 0 Å². The molecule has 0 aromatic heterocycles. The molecule has 134 valence electrons. The Morgan fingerprint density at radius 1 is 1.08 bits per heavy atom. The molecule has 6 heteroatoms. The van der Waals surface area contributed by atoms with Gasteiger partial charge in [-0.2, -0.15) is 0 Å². The third-order valence-corrected chi connectivity index (χ3v) is 5.05. The van der Waals surface area contributed by atoms with Gasteiger partial charge in [-0.25, -0.2) is 0 Å². The minimum atomic E-state index is -0.717. The van der Waals surface area contributed by atoms with E-state index in [2.05, 4.69) is 7.05 Å². The van der Waals surface area contributed by atoms with Crippen LogP contribution in [0.5, 0.6) is 0 Å². The lowest BCUT2D eigenvalue weighted by atomic mass is 10.0. The van der Waals surface area contributed by atoms with Crippen molar-refractivity contribution in [2.45, 2.75) is 26.3 Å². The highest BCUT2D eigenvalue weighted by atomic mass is 16.2. The number of quaternary nitrogens is 1. The Kier molecular flexibility index (Phi) is 4.90. The summed E-state index contributed by atoms with van der Waals surface area (Å²) in [6.07, 6.45) is 0.490. The number of carbonyl (C=O) groups is 3. The fraction of sp³-hybridized carbons (Fsp3) is 0.526. The van der Waals surface area contributed by atoms with E-state index in [1.807, 2.05) is 18.7 Å². The van der Waals surface area contributed by atoms with Crippen molar-refractivity contribution in [2.75, 3.05) is 33.2 Å². The molecule has 1 saturated heterocycles. The molecule has 6 nitrogen and oxygen atoms in total. The highest BCUT2D eigenvalue weighted by molar-refractivity contribution is 6.22. The summed E-state index contributed by atoms with van der Waals surface area (Å²) >= 11 is 0. The predicted octanol–water partition coefficient (Wildman–Crippen LogP) is 0.0542. The average Bonchev–Trinajstić information content (AvgIpc) is 2.84. The minimum Gasteiger partial charge on any atom is -0.334 e.